The van der Waals surface area contributed by atoms with E-state index < -0.39 is 42.8 Å². The number of hydrogen-bond acceptors (Lipinski definition) is 6. The first-order chi connectivity index (χ1) is 20.1. The second-order valence-corrected chi connectivity index (χ2v) is 11.0. The highest BCUT2D eigenvalue weighted by Gasteiger charge is 2.36. The molecule has 4 rings (SSSR count). The summed E-state index contributed by atoms with van der Waals surface area (Å²) in [6.07, 6.45) is -9.35. The average Bonchev–Trinajstić information content (AvgIpc) is 3.32. The minimum Gasteiger partial charge on any atom is -0.506 e. The van der Waals surface area contributed by atoms with Gasteiger partial charge in [0.25, 0.3) is 0 Å². The molecule has 0 bridgehead atoms. The fraction of sp³-hybridized carbons (Fsp3) is 0.250. The van der Waals surface area contributed by atoms with Crippen LogP contribution in [-0.2, 0) is 32.6 Å². The van der Waals surface area contributed by atoms with Crippen LogP contribution in [0.15, 0.2) is 60.7 Å². The summed E-state index contributed by atoms with van der Waals surface area (Å²) in [7, 11) is -0.730. The van der Waals surface area contributed by atoms with Crippen LogP contribution in [0.2, 0.25) is 5.02 Å². The summed E-state index contributed by atoms with van der Waals surface area (Å²) in [5.41, 5.74) is -1.32. The number of nitrogens with zero attached hydrogens (tertiary/aromatic N) is 2. The molecule has 15 heteroatoms. The second kappa shape index (κ2) is 13.1. The zero-order chi connectivity index (χ0) is 31.5. The summed E-state index contributed by atoms with van der Waals surface area (Å²) in [5.74, 6) is -0.634. The zero-order valence-corrected chi connectivity index (χ0v) is 24.0. The predicted molar refractivity (Wildman–Crippen MR) is 149 cm³/mol. The molecule has 0 radical (unpaired) electrons. The van der Waals surface area contributed by atoms with Crippen molar-refractivity contribution in [3.63, 3.8) is 0 Å². The molecule has 230 valence electrons. The quantitative estimate of drug-likeness (QED) is 0.0832. The van der Waals surface area contributed by atoms with Gasteiger partial charge in [-0.2, -0.15) is 31.4 Å². The fourth-order valence-corrected chi connectivity index (χ4v) is 4.84. The highest BCUT2D eigenvalue weighted by molar-refractivity contribution is 7.45. The SMILES string of the molecule is Cn1nc(C(F)(F)F)cc1-c1ccc(OCc2ccc(CNCCP(O)O)cc2)c(-c2ccc(Cl)c(C(F)(F)F)c2)c1O. The number of aryl methyl sites for hydroxylation is 1. The number of benzene rings is 3. The van der Waals surface area contributed by atoms with Crippen molar-refractivity contribution in [1.29, 1.82) is 0 Å². The van der Waals surface area contributed by atoms with Crippen molar-refractivity contribution in [2.75, 3.05) is 12.7 Å². The Morgan fingerprint density at radius 1 is 0.930 bits per heavy atom. The van der Waals surface area contributed by atoms with Crippen LogP contribution >= 0.6 is 20.0 Å². The van der Waals surface area contributed by atoms with E-state index in [9.17, 15) is 31.4 Å². The molecule has 0 aliphatic heterocycles. The summed E-state index contributed by atoms with van der Waals surface area (Å²) in [6, 6.07) is 13.5. The summed E-state index contributed by atoms with van der Waals surface area (Å²) >= 11 is 5.79. The number of phenolic OH excluding ortho intramolecular Hbond substituents is 1. The maximum atomic E-state index is 13.7. The first kappa shape index (κ1) is 32.6. The fourth-order valence-electron chi connectivity index (χ4n) is 4.26. The Morgan fingerprint density at radius 2 is 1.60 bits per heavy atom. The molecule has 0 aliphatic rings. The number of nitrogens with one attached hydrogen (secondary N) is 1. The Morgan fingerprint density at radius 3 is 2.21 bits per heavy atom. The van der Waals surface area contributed by atoms with Crippen molar-refractivity contribution in [2.45, 2.75) is 25.5 Å². The highest BCUT2D eigenvalue weighted by Crippen LogP contribution is 2.47. The van der Waals surface area contributed by atoms with Gasteiger partial charge >= 0.3 is 12.4 Å². The van der Waals surface area contributed by atoms with Gasteiger partial charge in [-0.3, -0.25) is 4.68 Å². The molecule has 7 nitrogen and oxygen atoms in total. The zero-order valence-electron chi connectivity index (χ0n) is 22.3. The van der Waals surface area contributed by atoms with Crippen molar-refractivity contribution >= 4 is 20.0 Å². The van der Waals surface area contributed by atoms with E-state index >= 15 is 0 Å². The van der Waals surface area contributed by atoms with Crippen LogP contribution in [0.1, 0.15) is 22.4 Å². The standard InChI is InChI=1S/C28H25ClF6N3O4P/c1-38-22(13-24(37-38)28(33,34)35)19-7-9-23(25(26(19)39)18-6-8-21(29)20(12-18)27(30,31)32)42-15-17-4-2-16(3-5-17)14-36-10-11-43(40)41/h2-9,12-13,36,39-41H,10-11,14-15H2,1H3. The summed E-state index contributed by atoms with van der Waals surface area (Å²) < 4.78 is 87.7. The lowest BCUT2D eigenvalue weighted by molar-refractivity contribution is -0.141. The molecule has 0 aliphatic carbocycles. The maximum absolute atomic E-state index is 13.7. The minimum absolute atomic E-state index is 0.0230. The predicted octanol–water partition coefficient (Wildman–Crippen LogP) is 7.12. The van der Waals surface area contributed by atoms with Gasteiger partial charge in [0.05, 0.1) is 21.8 Å². The Kier molecular flexibility index (Phi) is 9.93. The largest absolute Gasteiger partial charge is 0.506 e. The molecule has 0 fully saturated rings. The number of aromatic nitrogens is 2. The van der Waals surface area contributed by atoms with Gasteiger partial charge in [0.15, 0.2) is 14.1 Å². The van der Waals surface area contributed by atoms with Crippen LogP contribution in [-0.4, -0.2) is 37.4 Å². The van der Waals surface area contributed by atoms with E-state index in [4.69, 9.17) is 26.1 Å². The Labute approximate surface area is 248 Å². The van der Waals surface area contributed by atoms with Crippen LogP contribution in [0.25, 0.3) is 22.4 Å². The smallest absolute Gasteiger partial charge is 0.435 e. The van der Waals surface area contributed by atoms with E-state index in [2.05, 4.69) is 10.4 Å². The molecule has 4 N–H and O–H groups in total. The highest BCUT2D eigenvalue weighted by atomic mass is 35.5. The Balaban J connectivity index is 1.69. The average molecular weight is 648 g/mol. The lowest BCUT2D eigenvalue weighted by Crippen LogP contribution is -2.17. The van der Waals surface area contributed by atoms with E-state index in [0.29, 0.717) is 18.7 Å². The summed E-state index contributed by atoms with van der Waals surface area (Å²) in [5, 5.41) is 17.2. The topological polar surface area (TPSA) is 99.8 Å². The molecule has 3 aromatic carbocycles. The van der Waals surface area contributed by atoms with Crippen molar-refractivity contribution < 1.29 is 46.0 Å². The number of alkyl halides is 6. The van der Waals surface area contributed by atoms with E-state index in [1.165, 1.54) is 25.2 Å². The van der Waals surface area contributed by atoms with Gasteiger partial charge in [0, 0.05) is 31.9 Å². The number of halogens is 7. The van der Waals surface area contributed by atoms with Gasteiger partial charge in [-0.15, -0.1) is 0 Å². The Bertz CT molecular complexity index is 1580. The number of rotatable bonds is 10. The van der Waals surface area contributed by atoms with E-state index in [1.54, 1.807) is 12.1 Å². The second-order valence-electron chi connectivity index (χ2n) is 9.44. The number of aromatic hydroxyl groups is 1. The van der Waals surface area contributed by atoms with Crippen LogP contribution in [0.5, 0.6) is 11.5 Å². The third kappa shape index (κ3) is 7.98. The number of phenols is 1. The first-order valence-electron chi connectivity index (χ1n) is 12.6. The normalized spacial score (nSPS) is 12.3. The first-order valence-corrected chi connectivity index (χ1v) is 14.4. The van der Waals surface area contributed by atoms with E-state index in [0.717, 1.165) is 28.4 Å². The van der Waals surface area contributed by atoms with Crippen LogP contribution in [0.3, 0.4) is 0 Å². The molecule has 1 aromatic heterocycles. The van der Waals surface area contributed by atoms with Gasteiger partial charge < -0.3 is 24.9 Å². The van der Waals surface area contributed by atoms with E-state index in [-0.39, 0.29) is 40.9 Å². The summed E-state index contributed by atoms with van der Waals surface area (Å²) in [6.45, 7) is 0.845. The molecule has 0 atom stereocenters. The van der Waals surface area contributed by atoms with Crippen molar-refractivity contribution in [1.82, 2.24) is 15.1 Å². The molecular formula is C28H25ClF6N3O4P. The van der Waals surface area contributed by atoms with Gasteiger partial charge in [0.2, 0.25) is 0 Å². The molecule has 43 heavy (non-hydrogen) atoms. The van der Waals surface area contributed by atoms with Crippen LogP contribution < -0.4 is 10.1 Å². The van der Waals surface area contributed by atoms with Crippen molar-refractivity contribution in [2.24, 2.45) is 7.05 Å². The monoisotopic (exact) mass is 647 g/mol. The molecule has 0 amide bonds. The Hall–Kier alpha value is -3.35. The van der Waals surface area contributed by atoms with Gasteiger partial charge in [-0.1, -0.05) is 41.9 Å². The molecule has 1 heterocycles. The molecule has 0 saturated carbocycles. The van der Waals surface area contributed by atoms with Gasteiger partial charge in [0.1, 0.15) is 18.1 Å². The minimum atomic E-state index is -4.82. The van der Waals surface area contributed by atoms with Gasteiger partial charge in [-0.25, -0.2) is 0 Å². The van der Waals surface area contributed by atoms with Gasteiger partial charge in [-0.05, 0) is 47.0 Å². The van der Waals surface area contributed by atoms with Crippen molar-refractivity contribution in [3.05, 3.63) is 88.1 Å². The molecular weight excluding hydrogens is 623 g/mol. The van der Waals surface area contributed by atoms with E-state index in [1.807, 2.05) is 12.1 Å². The summed E-state index contributed by atoms with van der Waals surface area (Å²) in [4.78, 5) is 18.0. The third-order valence-electron chi connectivity index (χ3n) is 6.38. The van der Waals surface area contributed by atoms with Crippen LogP contribution in [0.4, 0.5) is 26.3 Å². The maximum Gasteiger partial charge on any atom is 0.435 e. The molecule has 0 spiro atoms. The molecule has 0 saturated heterocycles. The van der Waals surface area contributed by atoms with Crippen molar-refractivity contribution in [3.8, 4) is 33.9 Å². The lowest BCUT2D eigenvalue weighted by atomic mass is 9.97. The molecule has 4 aromatic rings. The lowest BCUT2D eigenvalue weighted by Gasteiger charge is -2.18. The number of ether oxygens (including phenoxy) is 1. The molecule has 0 unspecified atom stereocenters. The number of hydrogen-bond donors (Lipinski definition) is 4. The third-order valence-corrected chi connectivity index (χ3v) is 7.33. The van der Waals surface area contributed by atoms with Crippen LogP contribution in [0, 0.1) is 0 Å².